The normalized spacial score (nSPS) is 11.6. The number of benzene rings is 3. The summed E-state index contributed by atoms with van der Waals surface area (Å²) in [6.07, 6.45) is 12.1. The molecule has 0 aliphatic heterocycles. The summed E-state index contributed by atoms with van der Waals surface area (Å²) in [6, 6.07) is 17.7. The molecule has 0 spiro atoms. The van der Waals surface area contributed by atoms with Crippen molar-refractivity contribution in [3.05, 3.63) is 58.5 Å². The first kappa shape index (κ1) is 25.0. The van der Waals surface area contributed by atoms with Crippen LogP contribution in [0.4, 0.5) is 0 Å². The van der Waals surface area contributed by atoms with Gasteiger partial charge in [-0.3, -0.25) is 0 Å². The van der Waals surface area contributed by atoms with Crippen molar-refractivity contribution in [2.75, 3.05) is 0 Å². The molecule has 186 valence electrons. The Kier molecular flexibility index (Phi) is 8.34. The van der Waals surface area contributed by atoms with E-state index < -0.39 is 0 Å². The first-order chi connectivity index (χ1) is 17.8. The second-order valence-electron chi connectivity index (χ2n) is 9.53. The van der Waals surface area contributed by atoms with Crippen LogP contribution in [0.25, 0.3) is 42.7 Å². The minimum Gasteiger partial charge on any atom is -0.143 e. The summed E-state index contributed by atoms with van der Waals surface area (Å²) in [7, 11) is 0. The molecule has 0 saturated heterocycles. The van der Waals surface area contributed by atoms with Crippen LogP contribution < -0.4 is 0 Å². The lowest BCUT2D eigenvalue weighted by molar-refractivity contribution is 0.663. The Balaban J connectivity index is 1.43. The molecule has 36 heavy (non-hydrogen) atoms. The Labute approximate surface area is 221 Å². The second-order valence-corrected chi connectivity index (χ2v) is 11.6. The molecular formula is C30H34N4S2. The average Bonchev–Trinajstić information content (AvgIpc) is 3.58. The first-order valence-electron chi connectivity index (χ1n) is 13.4. The third-order valence-electron chi connectivity index (χ3n) is 6.78. The second kappa shape index (κ2) is 12.0. The maximum absolute atomic E-state index is 4.57. The molecule has 0 fully saturated rings. The van der Waals surface area contributed by atoms with Crippen LogP contribution in [0.5, 0.6) is 0 Å². The van der Waals surface area contributed by atoms with Crippen molar-refractivity contribution in [3.8, 4) is 21.1 Å². The highest BCUT2D eigenvalue weighted by Crippen LogP contribution is 2.36. The molecular weight excluding hydrogens is 480 g/mol. The van der Waals surface area contributed by atoms with E-state index in [0.29, 0.717) is 0 Å². The van der Waals surface area contributed by atoms with Crippen molar-refractivity contribution in [2.45, 2.75) is 78.1 Å². The van der Waals surface area contributed by atoms with Gasteiger partial charge in [-0.25, -0.2) is 0 Å². The minimum absolute atomic E-state index is 1.01. The molecule has 0 aliphatic carbocycles. The summed E-state index contributed by atoms with van der Waals surface area (Å²) < 4.78 is 0. The predicted octanol–water partition coefficient (Wildman–Crippen LogP) is 9.28. The number of aromatic nitrogens is 4. The summed E-state index contributed by atoms with van der Waals surface area (Å²) in [4.78, 5) is 0. The van der Waals surface area contributed by atoms with E-state index in [2.05, 4.69) is 82.8 Å². The highest BCUT2D eigenvalue weighted by molar-refractivity contribution is 7.15. The fourth-order valence-electron chi connectivity index (χ4n) is 4.75. The monoisotopic (exact) mass is 514 g/mol. The fourth-order valence-corrected chi connectivity index (χ4v) is 6.55. The van der Waals surface area contributed by atoms with Crippen molar-refractivity contribution < 1.29 is 0 Å². The van der Waals surface area contributed by atoms with Crippen molar-refractivity contribution >= 4 is 44.2 Å². The smallest absolute Gasteiger partial charge is 0.143 e. The molecule has 0 aliphatic rings. The summed E-state index contributed by atoms with van der Waals surface area (Å²) in [5, 5.41) is 27.3. The Hall–Kier alpha value is -2.70. The molecule has 6 heteroatoms. The molecule has 5 aromatic rings. The number of hydrogen-bond acceptors (Lipinski definition) is 6. The third-order valence-corrected chi connectivity index (χ3v) is 8.83. The highest BCUT2D eigenvalue weighted by atomic mass is 32.1. The average molecular weight is 515 g/mol. The maximum atomic E-state index is 4.57. The van der Waals surface area contributed by atoms with Gasteiger partial charge in [-0.15, -0.1) is 20.4 Å². The Morgan fingerprint density at radius 3 is 1.97 bits per heavy atom. The van der Waals surface area contributed by atoms with Crippen molar-refractivity contribution in [1.82, 2.24) is 20.4 Å². The van der Waals surface area contributed by atoms with E-state index in [1.807, 2.05) is 0 Å². The van der Waals surface area contributed by atoms with E-state index >= 15 is 0 Å². The van der Waals surface area contributed by atoms with Gasteiger partial charge in [0, 0.05) is 24.0 Å². The summed E-state index contributed by atoms with van der Waals surface area (Å²) in [5.41, 5.74) is 2.31. The quantitative estimate of drug-likeness (QED) is 0.123. The zero-order chi connectivity index (χ0) is 24.7. The van der Waals surface area contributed by atoms with Gasteiger partial charge in [-0.05, 0) is 40.5 Å². The van der Waals surface area contributed by atoms with Gasteiger partial charge in [0.15, 0.2) is 0 Å². The van der Waals surface area contributed by atoms with Gasteiger partial charge in [0.25, 0.3) is 0 Å². The van der Waals surface area contributed by atoms with Crippen molar-refractivity contribution in [2.24, 2.45) is 0 Å². The predicted molar refractivity (Wildman–Crippen MR) is 155 cm³/mol. The van der Waals surface area contributed by atoms with Crippen LogP contribution in [0, 0.1) is 0 Å². The van der Waals surface area contributed by atoms with Gasteiger partial charge < -0.3 is 0 Å². The Morgan fingerprint density at radius 1 is 0.583 bits per heavy atom. The van der Waals surface area contributed by atoms with Crippen LogP contribution in [-0.4, -0.2) is 20.4 Å². The van der Waals surface area contributed by atoms with E-state index in [1.165, 1.54) is 78.5 Å². The topological polar surface area (TPSA) is 51.6 Å². The van der Waals surface area contributed by atoms with E-state index in [0.717, 1.165) is 38.4 Å². The van der Waals surface area contributed by atoms with Crippen LogP contribution >= 0.6 is 22.7 Å². The summed E-state index contributed by atoms with van der Waals surface area (Å²) in [5.74, 6) is 0. The van der Waals surface area contributed by atoms with E-state index in [4.69, 9.17) is 0 Å². The standard InChI is InChI=1S/C30H34N4S2/c1-3-5-7-9-14-27-31-33-29(35-27)22-17-16-21-18-19-24-23(26(21)20-22)12-11-13-25(24)30-34-32-28(36-30)15-10-8-6-4-2/h11-13,16-20H,3-10,14-15H2,1-2H3. The lowest BCUT2D eigenvalue weighted by Crippen LogP contribution is -1.85. The van der Waals surface area contributed by atoms with Crippen LogP contribution in [0.1, 0.15) is 75.2 Å². The fraction of sp³-hybridized carbons (Fsp3) is 0.400. The maximum Gasteiger partial charge on any atom is 0.148 e. The molecule has 0 amide bonds. The molecule has 0 bridgehead atoms. The largest absolute Gasteiger partial charge is 0.148 e. The number of rotatable bonds is 12. The van der Waals surface area contributed by atoms with E-state index in [1.54, 1.807) is 22.7 Å². The highest BCUT2D eigenvalue weighted by Gasteiger charge is 2.13. The Morgan fingerprint density at radius 2 is 1.25 bits per heavy atom. The molecule has 2 aromatic heterocycles. The number of aryl methyl sites for hydroxylation is 2. The lowest BCUT2D eigenvalue weighted by Gasteiger charge is -2.08. The van der Waals surface area contributed by atoms with Gasteiger partial charge in [0.2, 0.25) is 0 Å². The molecule has 4 nitrogen and oxygen atoms in total. The van der Waals surface area contributed by atoms with E-state index in [-0.39, 0.29) is 0 Å². The van der Waals surface area contributed by atoms with E-state index in [9.17, 15) is 0 Å². The zero-order valence-corrected chi connectivity index (χ0v) is 22.9. The van der Waals surface area contributed by atoms with Crippen LogP contribution in [0.3, 0.4) is 0 Å². The third kappa shape index (κ3) is 5.65. The zero-order valence-electron chi connectivity index (χ0n) is 21.3. The van der Waals surface area contributed by atoms with Crippen molar-refractivity contribution in [3.63, 3.8) is 0 Å². The minimum atomic E-state index is 1.01. The summed E-state index contributed by atoms with van der Waals surface area (Å²) >= 11 is 3.47. The molecule has 3 aromatic carbocycles. The van der Waals surface area contributed by atoms with Gasteiger partial charge >= 0.3 is 0 Å². The Bertz CT molecular complexity index is 1440. The number of fused-ring (bicyclic) bond motifs is 3. The van der Waals surface area contributed by atoms with Crippen LogP contribution in [-0.2, 0) is 12.8 Å². The molecule has 2 heterocycles. The van der Waals surface area contributed by atoms with Crippen LogP contribution in [0.15, 0.2) is 48.5 Å². The van der Waals surface area contributed by atoms with Gasteiger partial charge in [0.1, 0.15) is 20.0 Å². The number of nitrogens with zero attached hydrogens (tertiary/aromatic N) is 4. The number of hydrogen-bond donors (Lipinski definition) is 0. The first-order valence-corrected chi connectivity index (χ1v) is 15.0. The molecule has 0 saturated carbocycles. The SMILES string of the molecule is CCCCCCc1nnc(-c2ccc3ccc4c(-c5nnc(CCCCCC)s5)cccc4c3c2)s1. The molecule has 5 rings (SSSR count). The van der Waals surface area contributed by atoms with Gasteiger partial charge in [-0.2, -0.15) is 0 Å². The molecule has 0 radical (unpaired) electrons. The molecule has 0 unspecified atom stereocenters. The molecule has 0 atom stereocenters. The van der Waals surface area contributed by atoms with Crippen molar-refractivity contribution in [1.29, 1.82) is 0 Å². The van der Waals surface area contributed by atoms with Gasteiger partial charge in [-0.1, -0.05) is 118 Å². The van der Waals surface area contributed by atoms with Gasteiger partial charge in [0.05, 0.1) is 0 Å². The number of unbranched alkanes of at least 4 members (excludes halogenated alkanes) is 6. The van der Waals surface area contributed by atoms with Crippen LogP contribution in [0.2, 0.25) is 0 Å². The molecule has 0 N–H and O–H groups in total. The lowest BCUT2D eigenvalue weighted by atomic mass is 9.97. The summed E-state index contributed by atoms with van der Waals surface area (Å²) in [6.45, 7) is 4.49.